The van der Waals surface area contributed by atoms with Gasteiger partial charge in [0.05, 0.1) is 37.1 Å². The summed E-state index contributed by atoms with van der Waals surface area (Å²) in [5.41, 5.74) is 5.56. The van der Waals surface area contributed by atoms with Crippen molar-refractivity contribution in [1.82, 2.24) is 19.5 Å². The third kappa shape index (κ3) is 6.61. The Balaban J connectivity index is 0.00000136. The lowest BCUT2D eigenvalue weighted by molar-refractivity contribution is 0.122. The monoisotopic (exact) mass is 540 g/mol. The van der Waals surface area contributed by atoms with E-state index in [1.54, 1.807) is 30.1 Å². The van der Waals surface area contributed by atoms with Crippen LogP contribution >= 0.6 is 48.6 Å². The van der Waals surface area contributed by atoms with Gasteiger partial charge in [-0.1, -0.05) is 12.1 Å². The molecule has 1 N–H and O–H groups in total. The number of H-pyrrole nitrogens is 1. The Morgan fingerprint density at radius 3 is 2.47 bits per heavy atom. The zero-order chi connectivity index (χ0) is 20.9. The molecule has 1 fully saturated rings. The third-order valence-corrected chi connectivity index (χ3v) is 6.23. The minimum Gasteiger partial charge on any atom is -0.378 e. The second-order valence-corrected chi connectivity index (χ2v) is 8.19. The van der Waals surface area contributed by atoms with Crippen LogP contribution in [0.1, 0.15) is 5.69 Å². The minimum absolute atomic E-state index is 0. The summed E-state index contributed by atoms with van der Waals surface area (Å²) in [5, 5.41) is 2.19. The van der Waals surface area contributed by atoms with Crippen molar-refractivity contribution in [2.24, 2.45) is 4.99 Å². The van der Waals surface area contributed by atoms with Crippen LogP contribution in [0, 0.1) is 0 Å². The summed E-state index contributed by atoms with van der Waals surface area (Å²) in [6.45, 7) is 4.27. The lowest BCUT2D eigenvalue weighted by Gasteiger charge is -2.28. The van der Waals surface area contributed by atoms with Gasteiger partial charge >= 0.3 is 0 Å². The van der Waals surface area contributed by atoms with Crippen molar-refractivity contribution in [3.8, 4) is 11.3 Å². The van der Waals surface area contributed by atoms with E-state index >= 15 is 0 Å². The summed E-state index contributed by atoms with van der Waals surface area (Å²) < 4.78 is 7.75. The molecule has 0 radical (unpaired) electrons. The van der Waals surface area contributed by atoms with E-state index in [2.05, 4.69) is 54.1 Å². The van der Waals surface area contributed by atoms with E-state index in [1.165, 1.54) is 16.9 Å². The Morgan fingerprint density at radius 1 is 1.00 bits per heavy atom. The summed E-state index contributed by atoms with van der Waals surface area (Å²) >= 11 is 1.65. The van der Waals surface area contributed by atoms with Crippen molar-refractivity contribution in [2.45, 2.75) is 13.0 Å². The lowest BCUT2D eigenvalue weighted by atomic mass is 10.1. The molecule has 4 aromatic rings. The van der Waals surface area contributed by atoms with Crippen LogP contribution in [-0.4, -0.2) is 45.8 Å². The zero-order valence-corrected chi connectivity index (χ0v) is 21.6. The molecule has 0 saturated carbocycles. The molecule has 4 heterocycles. The number of morpholine rings is 1. The number of imidazole rings is 1. The standard InChI is InChI=1S/C23H24N6OS.3ClH/c1-2-20(15-24-8-1)27-23-29(9-7-19-14-25-17-26-19)22(16-31-23)18-3-5-21(6-4-18)28-10-12-30-13-11-28;;;/h1-6,8,14-17H,7,9-13H2,(H,25,26);3*1H. The van der Waals surface area contributed by atoms with Crippen molar-refractivity contribution < 1.29 is 4.74 Å². The number of pyridine rings is 1. The van der Waals surface area contributed by atoms with Gasteiger partial charge in [-0.3, -0.25) is 4.98 Å². The SMILES string of the molecule is Cl.Cl.Cl.c1cncc(N=c2scc(-c3ccc(N4CCOCC4)cc3)n2CCc2cnc[nH]2)c1. The highest BCUT2D eigenvalue weighted by Crippen LogP contribution is 2.25. The van der Waals surface area contributed by atoms with E-state index in [0.29, 0.717) is 0 Å². The summed E-state index contributed by atoms with van der Waals surface area (Å²) in [4.78, 5) is 19.7. The molecule has 0 aliphatic carbocycles. The average Bonchev–Trinajstić information content (AvgIpc) is 3.49. The fourth-order valence-electron chi connectivity index (χ4n) is 3.71. The highest BCUT2D eigenvalue weighted by molar-refractivity contribution is 7.07. The molecule has 0 amide bonds. The first-order valence-electron chi connectivity index (χ1n) is 10.4. The van der Waals surface area contributed by atoms with Gasteiger partial charge in [0, 0.05) is 55.2 Å². The molecule has 0 atom stereocenters. The molecule has 0 unspecified atom stereocenters. The van der Waals surface area contributed by atoms with Crippen molar-refractivity contribution in [3.63, 3.8) is 0 Å². The molecular weight excluding hydrogens is 515 g/mol. The maximum Gasteiger partial charge on any atom is 0.190 e. The molecule has 1 aromatic carbocycles. The normalized spacial score (nSPS) is 13.5. The number of ether oxygens (including phenoxy) is 1. The predicted octanol–water partition coefficient (Wildman–Crippen LogP) is 4.91. The van der Waals surface area contributed by atoms with Crippen LogP contribution in [0.3, 0.4) is 0 Å². The number of halogens is 3. The second-order valence-electron chi connectivity index (χ2n) is 7.35. The fourth-order valence-corrected chi connectivity index (χ4v) is 4.67. The summed E-state index contributed by atoms with van der Waals surface area (Å²) in [5.74, 6) is 0. The van der Waals surface area contributed by atoms with Crippen LogP contribution in [-0.2, 0) is 17.7 Å². The lowest BCUT2D eigenvalue weighted by Crippen LogP contribution is -2.36. The van der Waals surface area contributed by atoms with Gasteiger partial charge < -0.3 is 19.2 Å². The summed E-state index contributed by atoms with van der Waals surface area (Å²) in [6, 6.07) is 12.7. The number of rotatable bonds is 6. The predicted molar refractivity (Wildman–Crippen MR) is 144 cm³/mol. The molecule has 1 aliphatic heterocycles. The molecule has 182 valence electrons. The molecule has 1 aliphatic rings. The van der Waals surface area contributed by atoms with E-state index in [4.69, 9.17) is 9.73 Å². The molecule has 0 spiro atoms. The fraction of sp³-hybridized carbons (Fsp3) is 0.261. The smallest absolute Gasteiger partial charge is 0.190 e. The molecule has 1 saturated heterocycles. The van der Waals surface area contributed by atoms with Gasteiger partial charge in [0.15, 0.2) is 4.80 Å². The topological polar surface area (TPSA) is 71.3 Å². The van der Waals surface area contributed by atoms with Gasteiger partial charge in [-0.25, -0.2) is 9.98 Å². The Bertz CT molecular complexity index is 1170. The number of nitrogens with zero attached hydrogens (tertiary/aromatic N) is 5. The number of aryl methyl sites for hydroxylation is 1. The van der Waals surface area contributed by atoms with Gasteiger partial charge in [0.2, 0.25) is 0 Å². The van der Waals surface area contributed by atoms with Gasteiger partial charge in [-0.2, -0.15) is 0 Å². The quantitative estimate of drug-likeness (QED) is 0.376. The Hall–Kier alpha value is -2.36. The number of hydrogen-bond donors (Lipinski definition) is 1. The van der Waals surface area contributed by atoms with Crippen molar-refractivity contribution in [1.29, 1.82) is 0 Å². The molecule has 5 rings (SSSR count). The highest BCUT2D eigenvalue weighted by Gasteiger charge is 2.13. The molecule has 34 heavy (non-hydrogen) atoms. The Labute approximate surface area is 221 Å². The molecule has 7 nitrogen and oxygen atoms in total. The first kappa shape index (κ1) is 27.9. The van der Waals surface area contributed by atoms with Crippen LogP contribution < -0.4 is 9.70 Å². The van der Waals surface area contributed by atoms with Gasteiger partial charge in [-0.15, -0.1) is 48.6 Å². The van der Waals surface area contributed by atoms with Gasteiger partial charge in [0.25, 0.3) is 0 Å². The van der Waals surface area contributed by atoms with E-state index in [0.717, 1.165) is 55.5 Å². The van der Waals surface area contributed by atoms with Crippen LogP contribution in [0.15, 0.2) is 71.7 Å². The van der Waals surface area contributed by atoms with Crippen LogP contribution in [0.5, 0.6) is 0 Å². The molecule has 11 heteroatoms. The second kappa shape index (κ2) is 13.5. The molecular formula is C23H27Cl3N6OS. The Kier molecular flexibility index (Phi) is 11.1. The van der Waals surface area contributed by atoms with Crippen LogP contribution in [0.2, 0.25) is 0 Å². The average molecular weight is 542 g/mol. The van der Waals surface area contributed by atoms with E-state index in [1.807, 2.05) is 18.3 Å². The van der Waals surface area contributed by atoms with E-state index in [-0.39, 0.29) is 37.2 Å². The third-order valence-electron chi connectivity index (χ3n) is 5.37. The largest absolute Gasteiger partial charge is 0.378 e. The maximum absolute atomic E-state index is 5.47. The van der Waals surface area contributed by atoms with E-state index in [9.17, 15) is 0 Å². The first-order valence-corrected chi connectivity index (χ1v) is 11.3. The molecule has 3 aromatic heterocycles. The summed E-state index contributed by atoms with van der Waals surface area (Å²) in [6.07, 6.45) is 8.01. The number of benzene rings is 1. The number of aromatic amines is 1. The number of hydrogen-bond acceptors (Lipinski definition) is 6. The van der Waals surface area contributed by atoms with Gasteiger partial charge in [-0.05, 0) is 29.8 Å². The number of anilines is 1. The van der Waals surface area contributed by atoms with Crippen molar-refractivity contribution in [2.75, 3.05) is 31.2 Å². The van der Waals surface area contributed by atoms with Crippen LogP contribution in [0.4, 0.5) is 11.4 Å². The summed E-state index contributed by atoms with van der Waals surface area (Å²) in [7, 11) is 0. The Morgan fingerprint density at radius 2 is 1.79 bits per heavy atom. The van der Waals surface area contributed by atoms with Crippen molar-refractivity contribution in [3.05, 3.63) is 77.2 Å². The van der Waals surface area contributed by atoms with Gasteiger partial charge in [0.1, 0.15) is 0 Å². The highest BCUT2D eigenvalue weighted by atomic mass is 35.5. The maximum atomic E-state index is 5.47. The zero-order valence-electron chi connectivity index (χ0n) is 18.4. The first-order chi connectivity index (χ1) is 15.4. The number of nitrogens with one attached hydrogen (secondary N) is 1. The van der Waals surface area contributed by atoms with Crippen LogP contribution in [0.25, 0.3) is 11.3 Å². The van der Waals surface area contributed by atoms with E-state index < -0.39 is 0 Å². The minimum atomic E-state index is 0. The number of thiazole rings is 1. The molecule has 0 bridgehead atoms. The van der Waals surface area contributed by atoms with Crippen molar-refractivity contribution >= 4 is 59.9 Å². The number of aromatic nitrogens is 4.